The number of pyridine rings is 1. The third-order valence-corrected chi connectivity index (χ3v) is 5.20. The second-order valence-corrected chi connectivity index (χ2v) is 9.13. The highest BCUT2D eigenvalue weighted by Crippen LogP contribution is 2.41. The zero-order valence-corrected chi connectivity index (χ0v) is 17.1. The van der Waals surface area contributed by atoms with Crippen LogP contribution in [0.2, 0.25) is 0 Å². The first-order chi connectivity index (χ1) is 12.3. The van der Waals surface area contributed by atoms with Crippen LogP contribution in [0.15, 0.2) is 10.6 Å². The van der Waals surface area contributed by atoms with Gasteiger partial charge in [0.2, 0.25) is 0 Å². The molecular weight excluding hydrogens is 364 g/mol. The average molecular weight is 393 g/mol. The van der Waals surface area contributed by atoms with Crippen LogP contribution in [0.4, 0.5) is 0 Å². The lowest BCUT2D eigenvalue weighted by Gasteiger charge is -2.17. The number of halogens is 1. The average Bonchev–Trinajstić information content (AvgIpc) is 3.47. The molecule has 2 heterocycles. The van der Waals surface area contributed by atoms with E-state index < -0.39 is 0 Å². The lowest BCUT2D eigenvalue weighted by Crippen LogP contribution is -2.38. The minimum Gasteiger partial charge on any atom is -0.350 e. The minimum absolute atomic E-state index is 0. The van der Waals surface area contributed by atoms with E-state index in [1.807, 2.05) is 6.07 Å². The van der Waals surface area contributed by atoms with Crippen molar-refractivity contribution in [3.05, 3.63) is 23.0 Å². The Hall–Kier alpha value is -1.66. The number of carbonyl (C=O) groups excluding carboxylic acids is 1. The van der Waals surface area contributed by atoms with Crippen molar-refractivity contribution in [2.24, 2.45) is 17.1 Å². The van der Waals surface area contributed by atoms with Crippen molar-refractivity contribution in [1.82, 2.24) is 15.5 Å². The van der Waals surface area contributed by atoms with Gasteiger partial charge in [-0.25, -0.2) is 4.98 Å². The van der Waals surface area contributed by atoms with Gasteiger partial charge in [-0.3, -0.25) is 4.79 Å². The number of nitrogens with zero attached hydrogens (tertiary/aromatic N) is 2. The third-order valence-electron chi connectivity index (χ3n) is 5.20. The topological polar surface area (TPSA) is 94.0 Å². The molecule has 0 saturated heterocycles. The summed E-state index contributed by atoms with van der Waals surface area (Å²) < 4.78 is 5.51. The molecule has 7 heteroatoms. The van der Waals surface area contributed by atoms with Crippen molar-refractivity contribution in [2.45, 2.75) is 64.8 Å². The largest absolute Gasteiger partial charge is 0.350 e. The minimum atomic E-state index is -0.103. The number of amides is 1. The first-order valence-corrected chi connectivity index (χ1v) is 9.65. The van der Waals surface area contributed by atoms with Crippen LogP contribution in [-0.2, 0) is 6.42 Å². The van der Waals surface area contributed by atoms with E-state index in [1.165, 1.54) is 12.8 Å². The summed E-state index contributed by atoms with van der Waals surface area (Å²) in [5, 5.41) is 8.00. The van der Waals surface area contributed by atoms with Crippen LogP contribution in [0.1, 0.15) is 74.1 Å². The van der Waals surface area contributed by atoms with Gasteiger partial charge in [0.05, 0.1) is 16.6 Å². The van der Waals surface area contributed by atoms with E-state index in [9.17, 15) is 4.79 Å². The first-order valence-electron chi connectivity index (χ1n) is 9.65. The highest BCUT2D eigenvalue weighted by Gasteiger charge is 2.31. The lowest BCUT2D eigenvalue weighted by atomic mass is 9.89. The maximum absolute atomic E-state index is 13.0. The maximum Gasteiger partial charge on any atom is 0.259 e. The molecule has 2 aliphatic carbocycles. The number of hydrogen-bond donors (Lipinski definition) is 2. The number of aromatic nitrogens is 2. The van der Waals surface area contributed by atoms with Gasteiger partial charge in [0, 0.05) is 24.2 Å². The van der Waals surface area contributed by atoms with Crippen LogP contribution in [0.5, 0.6) is 0 Å². The van der Waals surface area contributed by atoms with Gasteiger partial charge in [-0.05, 0) is 49.5 Å². The molecule has 0 bridgehead atoms. The summed E-state index contributed by atoms with van der Waals surface area (Å²) in [4.78, 5) is 17.6. The molecular formula is C20H29ClN4O2. The number of carbonyl (C=O) groups is 1. The molecule has 2 aliphatic rings. The summed E-state index contributed by atoms with van der Waals surface area (Å²) >= 11 is 0. The molecule has 6 nitrogen and oxygen atoms in total. The SMILES string of the molecule is CC(C)(C)Cc1noc2nc(C3CC3)cc(C(=O)NCC(N)C3CC3)c12.Cl. The van der Waals surface area contributed by atoms with Crippen LogP contribution in [0, 0.1) is 11.3 Å². The molecule has 1 atom stereocenters. The summed E-state index contributed by atoms with van der Waals surface area (Å²) in [5.74, 6) is 0.895. The maximum atomic E-state index is 13.0. The molecule has 1 unspecified atom stereocenters. The molecule has 148 valence electrons. The van der Waals surface area contributed by atoms with Crippen LogP contribution < -0.4 is 11.1 Å². The third kappa shape index (κ3) is 4.61. The Labute approximate surface area is 166 Å². The fraction of sp³-hybridized carbons (Fsp3) is 0.650. The summed E-state index contributed by atoms with van der Waals surface area (Å²) in [7, 11) is 0. The Morgan fingerprint density at radius 1 is 1.33 bits per heavy atom. The molecule has 1 amide bonds. The Bertz CT molecular complexity index is 834. The van der Waals surface area contributed by atoms with Crippen molar-refractivity contribution in [3.8, 4) is 0 Å². The van der Waals surface area contributed by atoms with E-state index in [1.54, 1.807) is 0 Å². The van der Waals surface area contributed by atoms with Crippen molar-refractivity contribution < 1.29 is 9.32 Å². The zero-order chi connectivity index (χ0) is 18.5. The highest BCUT2D eigenvalue weighted by molar-refractivity contribution is 6.06. The number of nitrogens with one attached hydrogen (secondary N) is 1. The lowest BCUT2D eigenvalue weighted by molar-refractivity contribution is 0.0951. The molecule has 3 N–H and O–H groups in total. The molecule has 0 spiro atoms. The summed E-state index contributed by atoms with van der Waals surface area (Å²) in [6.45, 7) is 6.95. The summed E-state index contributed by atoms with van der Waals surface area (Å²) in [6.07, 6.45) is 5.31. The van der Waals surface area contributed by atoms with Gasteiger partial charge in [0.25, 0.3) is 11.6 Å². The predicted molar refractivity (Wildman–Crippen MR) is 107 cm³/mol. The van der Waals surface area contributed by atoms with E-state index in [0.717, 1.165) is 36.0 Å². The summed E-state index contributed by atoms with van der Waals surface area (Å²) in [6, 6.07) is 1.97. The second kappa shape index (κ2) is 7.40. The van der Waals surface area contributed by atoms with E-state index >= 15 is 0 Å². The normalized spacial score (nSPS) is 18.2. The monoisotopic (exact) mass is 392 g/mol. The fourth-order valence-electron chi connectivity index (χ4n) is 3.42. The van der Waals surface area contributed by atoms with E-state index in [2.05, 4.69) is 36.2 Å². The van der Waals surface area contributed by atoms with Gasteiger partial charge in [0.15, 0.2) is 0 Å². The van der Waals surface area contributed by atoms with E-state index in [0.29, 0.717) is 29.7 Å². The Kier molecular flexibility index (Phi) is 5.50. The molecule has 27 heavy (non-hydrogen) atoms. The number of nitrogens with two attached hydrogens (primary N) is 1. The van der Waals surface area contributed by atoms with Gasteiger partial charge >= 0.3 is 0 Å². The van der Waals surface area contributed by atoms with Gasteiger partial charge in [-0.15, -0.1) is 12.4 Å². The number of rotatable bonds is 6. The molecule has 2 fully saturated rings. The molecule has 2 saturated carbocycles. The van der Waals surface area contributed by atoms with Crippen molar-refractivity contribution in [2.75, 3.05) is 6.54 Å². The molecule has 0 aromatic carbocycles. The quantitative estimate of drug-likeness (QED) is 0.783. The predicted octanol–water partition coefficient (Wildman–Crippen LogP) is 3.58. The Morgan fingerprint density at radius 2 is 2.04 bits per heavy atom. The molecule has 2 aromatic rings. The van der Waals surface area contributed by atoms with Gasteiger partial charge in [-0.2, -0.15) is 0 Å². The zero-order valence-electron chi connectivity index (χ0n) is 16.2. The number of hydrogen-bond acceptors (Lipinski definition) is 5. The van der Waals surface area contributed by atoms with Crippen LogP contribution in [0.3, 0.4) is 0 Å². The molecule has 0 aliphatic heterocycles. The standard InChI is InChI=1S/C20H28N4O2.ClH/c1-20(2,3)9-16-17-13(18(25)22-10-14(21)11-4-5-11)8-15(12-6-7-12)23-19(17)26-24-16;/h8,11-12,14H,4-7,9-10,21H2,1-3H3,(H,22,25);1H. The molecule has 0 radical (unpaired) electrons. The fourth-order valence-corrected chi connectivity index (χ4v) is 3.42. The van der Waals surface area contributed by atoms with Crippen LogP contribution in [-0.4, -0.2) is 28.6 Å². The number of fused-ring (bicyclic) bond motifs is 1. The Balaban J connectivity index is 0.00000210. The van der Waals surface area contributed by atoms with Gasteiger partial charge in [0.1, 0.15) is 0 Å². The van der Waals surface area contributed by atoms with Crippen molar-refractivity contribution in [3.63, 3.8) is 0 Å². The van der Waals surface area contributed by atoms with Crippen molar-refractivity contribution >= 4 is 29.4 Å². The highest BCUT2D eigenvalue weighted by atomic mass is 35.5. The molecule has 4 rings (SSSR count). The van der Waals surface area contributed by atoms with Gasteiger partial charge < -0.3 is 15.6 Å². The Morgan fingerprint density at radius 3 is 2.63 bits per heavy atom. The first kappa shape index (κ1) is 20.1. The smallest absolute Gasteiger partial charge is 0.259 e. The second-order valence-electron chi connectivity index (χ2n) is 9.13. The molecule has 2 aromatic heterocycles. The summed E-state index contributed by atoms with van der Waals surface area (Å²) in [5.41, 5.74) is 9.03. The van der Waals surface area contributed by atoms with Crippen LogP contribution in [0.25, 0.3) is 11.1 Å². The van der Waals surface area contributed by atoms with Gasteiger partial charge in [-0.1, -0.05) is 25.9 Å². The van der Waals surface area contributed by atoms with Crippen LogP contribution >= 0.6 is 12.4 Å². The van der Waals surface area contributed by atoms with Crippen molar-refractivity contribution in [1.29, 1.82) is 0 Å². The van der Waals surface area contributed by atoms with E-state index in [-0.39, 0.29) is 29.8 Å². The van der Waals surface area contributed by atoms with E-state index in [4.69, 9.17) is 10.3 Å².